The highest BCUT2D eigenvalue weighted by Gasteiger charge is 2.13. The van der Waals surface area contributed by atoms with E-state index in [4.69, 9.17) is 0 Å². The van der Waals surface area contributed by atoms with Crippen molar-refractivity contribution in [2.75, 3.05) is 11.1 Å². The van der Waals surface area contributed by atoms with Gasteiger partial charge in [0.05, 0.1) is 5.71 Å². The smallest absolute Gasteiger partial charge is 0.224 e. The molecule has 1 amide bonds. The van der Waals surface area contributed by atoms with Gasteiger partial charge in [0.1, 0.15) is 0 Å². The van der Waals surface area contributed by atoms with Crippen LogP contribution in [-0.2, 0) is 4.79 Å². The van der Waals surface area contributed by atoms with Gasteiger partial charge in [0.15, 0.2) is 5.17 Å². The van der Waals surface area contributed by atoms with E-state index in [9.17, 15) is 4.79 Å². The predicted octanol–water partition coefficient (Wildman–Crippen LogP) is 2.84. The number of nitrogens with zero attached hydrogens (tertiary/aromatic N) is 2. The zero-order chi connectivity index (χ0) is 15.2. The molecule has 0 saturated heterocycles. The lowest BCUT2D eigenvalue weighted by Gasteiger charge is -2.16. The Balaban J connectivity index is 2.03. The highest BCUT2D eigenvalue weighted by atomic mass is 32.2. The van der Waals surface area contributed by atoms with Gasteiger partial charge in [-0.25, -0.2) is 0 Å². The molecule has 0 aliphatic carbocycles. The Kier molecular flexibility index (Phi) is 5.38. The molecule has 0 aromatic heterocycles. The second kappa shape index (κ2) is 7.26. The summed E-state index contributed by atoms with van der Waals surface area (Å²) in [4.78, 5) is 15.8. The first-order valence-electron chi connectivity index (χ1n) is 7.02. The van der Waals surface area contributed by atoms with Crippen LogP contribution in [0.25, 0.3) is 0 Å². The van der Waals surface area contributed by atoms with Crippen molar-refractivity contribution >= 4 is 34.2 Å². The molecule has 0 atom stereocenters. The lowest BCUT2D eigenvalue weighted by atomic mass is 10.1. The fourth-order valence-corrected chi connectivity index (χ4v) is 2.66. The van der Waals surface area contributed by atoms with Gasteiger partial charge >= 0.3 is 0 Å². The molecule has 0 radical (unpaired) electrons. The molecular weight excluding hydrogens is 284 g/mol. The lowest BCUT2D eigenvalue weighted by Crippen LogP contribution is -2.26. The van der Waals surface area contributed by atoms with Crippen molar-refractivity contribution in [2.45, 2.75) is 33.2 Å². The Hall–Kier alpha value is -1.82. The number of nitrogens with one attached hydrogen (secondary N) is 2. The maximum Gasteiger partial charge on any atom is 0.224 e. The van der Waals surface area contributed by atoms with E-state index in [1.54, 1.807) is 11.8 Å². The van der Waals surface area contributed by atoms with Crippen molar-refractivity contribution in [1.82, 2.24) is 5.43 Å². The second-order valence-electron chi connectivity index (χ2n) is 4.97. The van der Waals surface area contributed by atoms with Gasteiger partial charge in [-0.1, -0.05) is 30.8 Å². The number of anilines is 1. The van der Waals surface area contributed by atoms with Crippen molar-refractivity contribution in [3.8, 4) is 0 Å². The number of carbonyl (C=O) groups is 1. The largest absolute Gasteiger partial charge is 0.326 e. The number of hydrogen-bond donors (Lipinski definition) is 2. The van der Waals surface area contributed by atoms with E-state index in [0.717, 1.165) is 27.9 Å². The van der Waals surface area contributed by atoms with E-state index >= 15 is 0 Å². The highest BCUT2D eigenvalue weighted by Crippen LogP contribution is 2.16. The van der Waals surface area contributed by atoms with Gasteiger partial charge in [0, 0.05) is 23.9 Å². The molecule has 21 heavy (non-hydrogen) atoms. The molecule has 0 bridgehead atoms. The molecule has 1 aromatic carbocycles. The van der Waals surface area contributed by atoms with Gasteiger partial charge in [-0.05, 0) is 31.5 Å². The molecule has 2 rings (SSSR count). The monoisotopic (exact) mass is 304 g/mol. The third kappa shape index (κ3) is 4.60. The summed E-state index contributed by atoms with van der Waals surface area (Å²) in [6.45, 7) is 5.91. The normalized spacial score (nSPS) is 16.6. The van der Waals surface area contributed by atoms with Crippen LogP contribution in [0.4, 0.5) is 5.69 Å². The summed E-state index contributed by atoms with van der Waals surface area (Å²) in [5.74, 6) is 0.809. The van der Waals surface area contributed by atoms with E-state index < -0.39 is 0 Å². The minimum atomic E-state index is 0.0181. The number of hydrazone groups is 1. The maximum absolute atomic E-state index is 11.3. The van der Waals surface area contributed by atoms with E-state index in [-0.39, 0.29) is 11.9 Å². The number of amidine groups is 1. The van der Waals surface area contributed by atoms with Crippen LogP contribution < -0.4 is 10.7 Å². The highest BCUT2D eigenvalue weighted by molar-refractivity contribution is 8.14. The van der Waals surface area contributed by atoms with Crippen LogP contribution in [0.5, 0.6) is 0 Å². The Morgan fingerprint density at radius 2 is 2.14 bits per heavy atom. The van der Waals surface area contributed by atoms with Gasteiger partial charge in [0.2, 0.25) is 5.91 Å². The number of aliphatic imine (C=N–C) groups is 1. The van der Waals surface area contributed by atoms with E-state index in [0.29, 0.717) is 6.42 Å². The molecule has 5 nitrogen and oxygen atoms in total. The molecular formula is C15H20N4OS. The van der Waals surface area contributed by atoms with Crippen LogP contribution in [-0.4, -0.2) is 28.6 Å². The van der Waals surface area contributed by atoms with Crippen LogP contribution >= 0.6 is 11.8 Å². The number of thioether (sulfide) groups is 1. The van der Waals surface area contributed by atoms with Gasteiger partial charge in [-0.2, -0.15) is 5.10 Å². The Morgan fingerprint density at radius 1 is 1.43 bits per heavy atom. The summed E-state index contributed by atoms with van der Waals surface area (Å²) < 4.78 is 0. The lowest BCUT2D eigenvalue weighted by molar-refractivity contribution is -0.115. The molecule has 2 N–H and O–H groups in total. The van der Waals surface area contributed by atoms with E-state index in [1.165, 1.54) is 0 Å². The molecule has 0 fully saturated rings. The first kappa shape index (κ1) is 15.6. The van der Waals surface area contributed by atoms with Gasteiger partial charge in [-0.15, -0.1) is 0 Å². The van der Waals surface area contributed by atoms with Crippen LogP contribution in [0.3, 0.4) is 0 Å². The Labute approximate surface area is 129 Å². The van der Waals surface area contributed by atoms with Crippen molar-refractivity contribution in [3.63, 3.8) is 0 Å². The van der Waals surface area contributed by atoms with Crippen LogP contribution in [0, 0.1) is 0 Å². The van der Waals surface area contributed by atoms with Gasteiger partial charge in [-0.3, -0.25) is 15.2 Å². The third-order valence-corrected chi connectivity index (χ3v) is 3.72. The molecule has 112 valence electrons. The Morgan fingerprint density at radius 3 is 2.67 bits per heavy atom. The topological polar surface area (TPSA) is 65.8 Å². The number of amides is 1. The molecule has 0 spiro atoms. The summed E-state index contributed by atoms with van der Waals surface area (Å²) in [7, 11) is 0. The van der Waals surface area contributed by atoms with Crippen LogP contribution in [0.2, 0.25) is 0 Å². The number of hydrogen-bond acceptors (Lipinski definition) is 4. The maximum atomic E-state index is 11.3. The molecule has 1 aromatic rings. The van der Waals surface area contributed by atoms with Gasteiger partial charge in [0.25, 0.3) is 0 Å². The summed E-state index contributed by atoms with van der Waals surface area (Å²) in [5.41, 5.74) is 5.83. The third-order valence-electron chi connectivity index (χ3n) is 2.83. The fraction of sp³-hybridized carbons (Fsp3) is 0.400. The fourth-order valence-electron chi connectivity index (χ4n) is 1.76. The zero-order valence-corrected chi connectivity index (χ0v) is 13.3. The quantitative estimate of drug-likeness (QED) is 0.899. The Bertz CT molecular complexity index is 564. The summed E-state index contributed by atoms with van der Waals surface area (Å²) >= 11 is 1.65. The molecule has 0 unspecified atom stereocenters. The van der Waals surface area contributed by atoms with Gasteiger partial charge < -0.3 is 5.32 Å². The molecule has 1 aliphatic heterocycles. The predicted molar refractivity (Wildman–Crippen MR) is 90.1 cm³/mol. The SMILES string of the molecule is CCC(=O)Nc1ccc(C2=NNC(=NC(C)C)SC2)cc1. The first-order chi connectivity index (χ1) is 10.1. The summed E-state index contributed by atoms with van der Waals surface area (Å²) in [5, 5.41) is 8.06. The number of benzene rings is 1. The molecule has 6 heteroatoms. The minimum Gasteiger partial charge on any atom is -0.326 e. The van der Waals surface area contributed by atoms with Crippen molar-refractivity contribution in [1.29, 1.82) is 0 Å². The van der Waals surface area contributed by atoms with E-state index in [1.807, 2.05) is 45.0 Å². The molecule has 1 aliphatic rings. The van der Waals surface area contributed by atoms with Crippen LogP contribution in [0.1, 0.15) is 32.8 Å². The standard InChI is InChI=1S/C15H20N4OS/c1-4-14(20)17-12-7-5-11(6-8-12)13-9-21-15(19-18-13)16-10(2)3/h5-8,10H,4,9H2,1-3H3,(H,16,19)(H,17,20). The first-order valence-corrected chi connectivity index (χ1v) is 8.00. The average molecular weight is 304 g/mol. The second-order valence-corrected chi connectivity index (χ2v) is 5.93. The molecule has 0 saturated carbocycles. The van der Waals surface area contributed by atoms with Crippen molar-refractivity contribution in [3.05, 3.63) is 29.8 Å². The van der Waals surface area contributed by atoms with Crippen molar-refractivity contribution < 1.29 is 4.79 Å². The number of rotatable bonds is 4. The van der Waals surface area contributed by atoms with Crippen molar-refractivity contribution in [2.24, 2.45) is 10.1 Å². The number of carbonyl (C=O) groups excluding carboxylic acids is 1. The summed E-state index contributed by atoms with van der Waals surface area (Å²) in [6.07, 6.45) is 0.479. The summed E-state index contributed by atoms with van der Waals surface area (Å²) in [6, 6.07) is 7.99. The zero-order valence-electron chi connectivity index (χ0n) is 12.5. The van der Waals surface area contributed by atoms with Crippen LogP contribution in [0.15, 0.2) is 34.4 Å². The van der Waals surface area contributed by atoms with E-state index in [2.05, 4.69) is 20.8 Å². The molecule has 1 heterocycles. The average Bonchev–Trinajstić information content (AvgIpc) is 2.48. The minimum absolute atomic E-state index is 0.0181.